The van der Waals surface area contributed by atoms with E-state index in [0.717, 1.165) is 5.56 Å². The Hall–Kier alpha value is -2.68. The molecule has 148 valence electrons. The summed E-state index contributed by atoms with van der Waals surface area (Å²) in [6, 6.07) is 11.7. The smallest absolute Gasteiger partial charge is 0.284 e. The average molecular weight is 448 g/mol. The molecule has 4 aromatic rings. The SMILES string of the molecule is Cc1ccc(S(=O)(=O)N=c2ncn(Cc3c(Cl)cccc3Cl)c3nc[nH]c23)cc1. The third-order valence-electron chi connectivity index (χ3n) is 4.35. The number of rotatable bonds is 4. The molecule has 0 aliphatic carbocycles. The molecule has 0 unspecified atom stereocenters. The van der Waals surface area contributed by atoms with Gasteiger partial charge < -0.3 is 9.55 Å². The predicted molar refractivity (Wildman–Crippen MR) is 111 cm³/mol. The number of hydrogen-bond acceptors (Lipinski definition) is 4. The molecule has 0 saturated carbocycles. The topological polar surface area (TPSA) is 93.0 Å². The molecule has 1 N–H and O–H groups in total. The van der Waals surface area contributed by atoms with Gasteiger partial charge in [-0.2, -0.15) is 8.42 Å². The van der Waals surface area contributed by atoms with Gasteiger partial charge in [0.1, 0.15) is 5.52 Å². The molecule has 10 heteroatoms. The van der Waals surface area contributed by atoms with Crippen LogP contribution < -0.4 is 5.49 Å². The highest BCUT2D eigenvalue weighted by Gasteiger charge is 2.15. The Bertz CT molecular complexity index is 1360. The summed E-state index contributed by atoms with van der Waals surface area (Å²) in [4.78, 5) is 11.5. The van der Waals surface area contributed by atoms with Gasteiger partial charge in [-0.25, -0.2) is 9.97 Å². The molecule has 0 aliphatic heterocycles. The van der Waals surface area contributed by atoms with Crippen molar-refractivity contribution in [2.24, 2.45) is 4.40 Å². The lowest BCUT2D eigenvalue weighted by Gasteiger charge is -2.10. The molecule has 29 heavy (non-hydrogen) atoms. The molecule has 2 aromatic heterocycles. The molecule has 0 bridgehead atoms. The molecule has 0 radical (unpaired) electrons. The minimum absolute atomic E-state index is 0.0274. The van der Waals surface area contributed by atoms with Crippen molar-refractivity contribution in [3.05, 3.63) is 81.8 Å². The third kappa shape index (κ3) is 3.91. The summed E-state index contributed by atoms with van der Waals surface area (Å²) in [6.07, 6.45) is 2.92. The average Bonchev–Trinajstić information content (AvgIpc) is 3.17. The predicted octanol–water partition coefficient (Wildman–Crippen LogP) is 3.71. The number of fused-ring (bicyclic) bond motifs is 1. The van der Waals surface area contributed by atoms with Crippen LogP contribution in [0.2, 0.25) is 10.0 Å². The van der Waals surface area contributed by atoms with Crippen molar-refractivity contribution >= 4 is 44.4 Å². The van der Waals surface area contributed by atoms with Crippen LogP contribution in [0.15, 0.2) is 64.4 Å². The van der Waals surface area contributed by atoms with E-state index >= 15 is 0 Å². The third-order valence-corrected chi connectivity index (χ3v) is 6.34. The van der Waals surface area contributed by atoms with Crippen molar-refractivity contribution in [1.82, 2.24) is 19.5 Å². The van der Waals surface area contributed by atoms with E-state index in [1.165, 1.54) is 24.8 Å². The first-order valence-corrected chi connectivity index (χ1v) is 10.7. The first kappa shape index (κ1) is 19.6. The first-order valence-electron chi connectivity index (χ1n) is 8.54. The van der Waals surface area contributed by atoms with Gasteiger partial charge in [-0.05, 0) is 31.2 Å². The summed E-state index contributed by atoms with van der Waals surface area (Å²) in [5.74, 6) is 0. The molecule has 2 aromatic carbocycles. The lowest BCUT2D eigenvalue weighted by Crippen LogP contribution is -2.17. The number of benzene rings is 2. The van der Waals surface area contributed by atoms with Crippen molar-refractivity contribution in [3.63, 3.8) is 0 Å². The second kappa shape index (κ2) is 7.62. The fourth-order valence-corrected chi connectivity index (χ4v) is 4.30. The highest BCUT2D eigenvalue weighted by molar-refractivity contribution is 7.90. The maximum Gasteiger partial charge on any atom is 0.284 e. The Labute approximate surface area is 176 Å². The van der Waals surface area contributed by atoms with Crippen LogP contribution in [0.5, 0.6) is 0 Å². The zero-order chi connectivity index (χ0) is 20.6. The van der Waals surface area contributed by atoms with E-state index in [2.05, 4.69) is 19.3 Å². The van der Waals surface area contributed by atoms with Crippen molar-refractivity contribution in [2.45, 2.75) is 18.4 Å². The normalized spacial score (nSPS) is 12.6. The lowest BCUT2D eigenvalue weighted by molar-refractivity contribution is 0.596. The Morgan fingerprint density at radius 2 is 1.76 bits per heavy atom. The maximum absolute atomic E-state index is 12.7. The van der Waals surface area contributed by atoms with E-state index in [1.807, 2.05) is 6.92 Å². The van der Waals surface area contributed by atoms with Gasteiger partial charge in [0.15, 0.2) is 11.1 Å². The van der Waals surface area contributed by atoms with Crippen LogP contribution in [0, 0.1) is 6.92 Å². The second-order valence-electron chi connectivity index (χ2n) is 6.38. The number of halogens is 2. The van der Waals surface area contributed by atoms with E-state index in [4.69, 9.17) is 23.2 Å². The number of nitrogens with zero attached hydrogens (tertiary/aromatic N) is 4. The molecule has 0 spiro atoms. The van der Waals surface area contributed by atoms with Gasteiger partial charge in [0.25, 0.3) is 10.0 Å². The summed E-state index contributed by atoms with van der Waals surface area (Å²) in [7, 11) is -3.92. The van der Waals surface area contributed by atoms with Crippen molar-refractivity contribution < 1.29 is 8.42 Å². The Morgan fingerprint density at radius 3 is 2.45 bits per heavy atom. The minimum atomic E-state index is -3.92. The van der Waals surface area contributed by atoms with E-state index in [-0.39, 0.29) is 10.4 Å². The summed E-state index contributed by atoms with van der Waals surface area (Å²) in [5, 5.41) is 1.04. The van der Waals surface area contributed by atoms with Crippen LogP contribution in [-0.2, 0) is 16.6 Å². The van der Waals surface area contributed by atoms with Crippen molar-refractivity contribution in [2.75, 3.05) is 0 Å². The van der Waals surface area contributed by atoms with Crippen LogP contribution in [0.3, 0.4) is 0 Å². The van der Waals surface area contributed by atoms with Crippen molar-refractivity contribution in [1.29, 1.82) is 0 Å². The second-order valence-corrected chi connectivity index (χ2v) is 8.80. The van der Waals surface area contributed by atoms with Crippen LogP contribution in [0.1, 0.15) is 11.1 Å². The number of nitrogens with one attached hydrogen (secondary N) is 1. The van der Waals surface area contributed by atoms with Crippen LogP contribution >= 0.6 is 23.2 Å². The molecule has 7 nitrogen and oxygen atoms in total. The molecule has 4 rings (SSSR count). The van der Waals surface area contributed by atoms with E-state index in [9.17, 15) is 8.42 Å². The highest BCUT2D eigenvalue weighted by atomic mass is 35.5. The zero-order valence-electron chi connectivity index (χ0n) is 15.2. The summed E-state index contributed by atoms with van der Waals surface area (Å²) < 4.78 is 30.9. The maximum atomic E-state index is 12.7. The highest BCUT2D eigenvalue weighted by Crippen LogP contribution is 2.25. The number of imidazole rings is 1. The molecule has 0 saturated heterocycles. The van der Waals surface area contributed by atoms with Gasteiger partial charge in [-0.1, -0.05) is 47.0 Å². The lowest BCUT2D eigenvalue weighted by atomic mass is 10.2. The molecule has 0 amide bonds. The quantitative estimate of drug-likeness (QED) is 0.515. The van der Waals surface area contributed by atoms with Crippen LogP contribution in [0.4, 0.5) is 0 Å². The molecular weight excluding hydrogens is 433 g/mol. The number of aromatic nitrogens is 4. The summed E-state index contributed by atoms with van der Waals surface area (Å²) in [5.41, 5.74) is 2.57. The Kier molecular flexibility index (Phi) is 5.16. The van der Waals surface area contributed by atoms with Gasteiger partial charge in [0, 0.05) is 15.6 Å². The minimum Gasteiger partial charge on any atom is -0.340 e. The molecule has 0 fully saturated rings. The number of H-pyrrole nitrogens is 1. The first-order chi connectivity index (χ1) is 13.8. The number of aryl methyl sites for hydroxylation is 1. The fourth-order valence-electron chi connectivity index (χ4n) is 2.83. The van der Waals surface area contributed by atoms with E-state index in [1.54, 1.807) is 34.9 Å². The number of aromatic amines is 1. The standard InChI is InChI=1S/C19H15Cl2N5O2S/c1-12-5-7-13(8-6-12)29(27,28)25-18-17-19(23-10-22-17)26(11-24-18)9-14-15(20)3-2-4-16(14)21/h2-8,10-11H,9H2,1H3,(H,22,23). The zero-order valence-corrected chi connectivity index (χ0v) is 17.5. The molecule has 2 heterocycles. The van der Waals surface area contributed by atoms with Crippen molar-refractivity contribution in [3.8, 4) is 0 Å². The van der Waals surface area contributed by atoms with Gasteiger partial charge in [-0.15, -0.1) is 4.40 Å². The summed E-state index contributed by atoms with van der Waals surface area (Å²) >= 11 is 12.5. The van der Waals surface area contributed by atoms with Gasteiger partial charge in [-0.3, -0.25) is 0 Å². The Balaban J connectivity index is 1.81. The van der Waals surface area contributed by atoms with Gasteiger partial charge >= 0.3 is 0 Å². The molecule has 0 atom stereocenters. The fraction of sp³-hybridized carbons (Fsp3) is 0.105. The number of hydrogen-bond donors (Lipinski definition) is 1. The molecular formula is C19H15Cl2N5O2S. The van der Waals surface area contributed by atoms with Crippen LogP contribution in [-0.4, -0.2) is 27.9 Å². The van der Waals surface area contributed by atoms with Gasteiger partial charge in [0.05, 0.1) is 24.1 Å². The number of sulfonamides is 1. The monoisotopic (exact) mass is 447 g/mol. The largest absolute Gasteiger partial charge is 0.340 e. The van der Waals surface area contributed by atoms with Gasteiger partial charge in [0.2, 0.25) is 0 Å². The van der Waals surface area contributed by atoms with E-state index < -0.39 is 10.0 Å². The van der Waals surface area contributed by atoms with Crippen LogP contribution in [0.25, 0.3) is 11.2 Å². The molecule has 0 aliphatic rings. The Morgan fingerprint density at radius 1 is 1.07 bits per heavy atom. The van der Waals surface area contributed by atoms with E-state index in [0.29, 0.717) is 33.3 Å². The summed E-state index contributed by atoms with van der Waals surface area (Å²) in [6.45, 7) is 2.20.